The number of piperidine rings is 1. The van der Waals surface area contributed by atoms with Crippen molar-refractivity contribution in [3.63, 3.8) is 0 Å². The number of carbonyl (C=O) groups excluding carboxylic acids is 2. The Kier molecular flexibility index (Phi) is 6.92. The van der Waals surface area contributed by atoms with Gasteiger partial charge < -0.3 is 15.0 Å². The number of nitrogens with one attached hydrogen (secondary N) is 1. The number of ether oxygens (including phenoxy) is 1. The van der Waals surface area contributed by atoms with E-state index in [0.29, 0.717) is 42.4 Å². The first-order chi connectivity index (χ1) is 16.0. The molecule has 1 saturated heterocycles. The Morgan fingerprint density at radius 2 is 2.06 bits per heavy atom. The number of hydrogen-bond acceptors (Lipinski definition) is 6. The van der Waals surface area contributed by atoms with Gasteiger partial charge in [0.15, 0.2) is 0 Å². The standard InChI is InChI=1S/C25H27N5O3/c1-17-21(24(31)28-14-18-7-5-9-20(13-18)33-2)15-27-23(29-17)19-8-6-12-30(16-19)25(32)22-10-3-4-11-26-22/h3-5,7,9-11,13,15,19H,6,8,12,14,16H2,1-2H3,(H,28,31). The lowest BCUT2D eigenvalue weighted by molar-refractivity contribution is 0.0698. The first kappa shape index (κ1) is 22.4. The first-order valence-corrected chi connectivity index (χ1v) is 11.0. The number of rotatable bonds is 6. The van der Waals surface area contributed by atoms with Gasteiger partial charge in [0.2, 0.25) is 0 Å². The highest BCUT2D eigenvalue weighted by atomic mass is 16.5. The molecule has 0 bridgehead atoms. The molecule has 1 aliphatic heterocycles. The molecular weight excluding hydrogens is 418 g/mol. The average molecular weight is 446 g/mol. The number of carbonyl (C=O) groups is 2. The molecule has 170 valence electrons. The molecule has 0 saturated carbocycles. The Balaban J connectivity index is 1.41. The molecular formula is C25H27N5O3. The zero-order valence-corrected chi connectivity index (χ0v) is 18.8. The molecule has 2 amide bonds. The SMILES string of the molecule is COc1cccc(CNC(=O)c2cnc(C3CCCN(C(=O)c4ccccn4)C3)nc2C)c1. The lowest BCUT2D eigenvalue weighted by Gasteiger charge is -2.32. The molecule has 1 aliphatic rings. The van der Waals surface area contributed by atoms with Gasteiger partial charge in [0.1, 0.15) is 17.3 Å². The van der Waals surface area contributed by atoms with E-state index in [4.69, 9.17) is 4.74 Å². The molecule has 33 heavy (non-hydrogen) atoms. The van der Waals surface area contributed by atoms with Crippen LogP contribution in [0, 0.1) is 6.92 Å². The van der Waals surface area contributed by atoms with Crippen LogP contribution >= 0.6 is 0 Å². The van der Waals surface area contributed by atoms with E-state index in [1.165, 1.54) is 0 Å². The van der Waals surface area contributed by atoms with Gasteiger partial charge in [-0.3, -0.25) is 14.6 Å². The summed E-state index contributed by atoms with van der Waals surface area (Å²) in [7, 11) is 1.61. The number of aryl methyl sites for hydroxylation is 1. The first-order valence-electron chi connectivity index (χ1n) is 11.0. The number of pyridine rings is 1. The molecule has 3 aromatic rings. The summed E-state index contributed by atoms with van der Waals surface area (Å²) in [5, 5.41) is 2.91. The van der Waals surface area contributed by atoms with Crippen molar-refractivity contribution in [2.45, 2.75) is 32.2 Å². The maximum absolute atomic E-state index is 12.8. The van der Waals surface area contributed by atoms with Crippen LogP contribution in [-0.2, 0) is 6.54 Å². The molecule has 1 aromatic carbocycles. The number of likely N-dealkylation sites (tertiary alicyclic amines) is 1. The second kappa shape index (κ2) is 10.2. The summed E-state index contributed by atoms with van der Waals surface area (Å²) in [4.78, 5) is 40.6. The highest BCUT2D eigenvalue weighted by Gasteiger charge is 2.28. The molecule has 8 heteroatoms. The third kappa shape index (κ3) is 5.34. The fraction of sp³-hybridized carbons (Fsp3) is 0.320. The quantitative estimate of drug-likeness (QED) is 0.626. The summed E-state index contributed by atoms with van der Waals surface area (Å²) in [5.74, 6) is 1.13. The van der Waals surface area contributed by atoms with E-state index in [0.717, 1.165) is 24.2 Å². The van der Waals surface area contributed by atoms with E-state index in [9.17, 15) is 9.59 Å². The Morgan fingerprint density at radius 3 is 2.82 bits per heavy atom. The Labute approximate surface area is 193 Å². The minimum Gasteiger partial charge on any atom is -0.497 e. The molecule has 4 rings (SSSR count). The summed E-state index contributed by atoms with van der Waals surface area (Å²) in [5.41, 5.74) is 2.45. The van der Waals surface area contributed by atoms with Gasteiger partial charge in [-0.1, -0.05) is 18.2 Å². The lowest BCUT2D eigenvalue weighted by atomic mass is 9.96. The van der Waals surface area contributed by atoms with Crippen molar-refractivity contribution in [2.24, 2.45) is 0 Å². The summed E-state index contributed by atoms with van der Waals surface area (Å²) in [6.45, 7) is 3.42. The van der Waals surface area contributed by atoms with Crippen LogP contribution in [0.5, 0.6) is 5.75 Å². The molecule has 0 radical (unpaired) electrons. The Bertz CT molecular complexity index is 1140. The van der Waals surface area contributed by atoms with E-state index in [1.54, 1.807) is 31.6 Å². The van der Waals surface area contributed by atoms with Crippen molar-refractivity contribution in [3.8, 4) is 5.75 Å². The minimum atomic E-state index is -0.225. The summed E-state index contributed by atoms with van der Waals surface area (Å²) in [6.07, 6.45) is 4.97. The number of amides is 2. The molecule has 1 fully saturated rings. The number of aromatic nitrogens is 3. The van der Waals surface area contributed by atoms with Crippen LogP contribution in [0.15, 0.2) is 54.9 Å². The van der Waals surface area contributed by atoms with Crippen LogP contribution in [0.4, 0.5) is 0 Å². The monoisotopic (exact) mass is 445 g/mol. The fourth-order valence-corrected chi connectivity index (χ4v) is 3.99. The molecule has 0 aliphatic carbocycles. The molecule has 8 nitrogen and oxygen atoms in total. The highest BCUT2D eigenvalue weighted by molar-refractivity contribution is 5.94. The van der Waals surface area contributed by atoms with Crippen LogP contribution in [0.3, 0.4) is 0 Å². The van der Waals surface area contributed by atoms with Gasteiger partial charge in [0, 0.05) is 37.9 Å². The predicted octanol–water partition coefficient (Wildman–Crippen LogP) is 3.14. The van der Waals surface area contributed by atoms with E-state index in [1.807, 2.05) is 42.2 Å². The van der Waals surface area contributed by atoms with Crippen molar-refractivity contribution >= 4 is 11.8 Å². The van der Waals surface area contributed by atoms with Gasteiger partial charge >= 0.3 is 0 Å². The van der Waals surface area contributed by atoms with Gasteiger partial charge in [-0.2, -0.15) is 0 Å². The molecule has 2 aromatic heterocycles. The average Bonchev–Trinajstić information content (AvgIpc) is 2.87. The Hall–Kier alpha value is -3.81. The second-order valence-electron chi connectivity index (χ2n) is 8.07. The van der Waals surface area contributed by atoms with Crippen LogP contribution in [0.2, 0.25) is 0 Å². The zero-order chi connectivity index (χ0) is 23.2. The predicted molar refractivity (Wildman–Crippen MR) is 123 cm³/mol. The molecule has 3 heterocycles. The Morgan fingerprint density at radius 1 is 1.18 bits per heavy atom. The highest BCUT2D eigenvalue weighted by Crippen LogP contribution is 2.26. The van der Waals surface area contributed by atoms with Crippen LogP contribution < -0.4 is 10.1 Å². The molecule has 0 spiro atoms. The van der Waals surface area contributed by atoms with Gasteiger partial charge in [-0.05, 0) is 49.6 Å². The fourth-order valence-electron chi connectivity index (χ4n) is 3.99. The minimum absolute atomic E-state index is 0.0269. The topological polar surface area (TPSA) is 97.3 Å². The van der Waals surface area contributed by atoms with Crippen molar-refractivity contribution in [3.05, 3.63) is 83.2 Å². The largest absolute Gasteiger partial charge is 0.497 e. The van der Waals surface area contributed by atoms with Gasteiger partial charge in [-0.15, -0.1) is 0 Å². The maximum Gasteiger partial charge on any atom is 0.272 e. The summed E-state index contributed by atoms with van der Waals surface area (Å²) < 4.78 is 5.22. The van der Waals surface area contributed by atoms with Gasteiger partial charge in [0.05, 0.1) is 18.4 Å². The third-order valence-electron chi connectivity index (χ3n) is 5.79. The van der Waals surface area contributed by atoms with Crippen molar-refractivity contribution in [2.75, 3.05) is 20.2 Å². The smallest absolute Gasteiger partial charge is 0.272 e. The molecule has 1 unspecified atom stereocenters. The summed E-state index contributed by atoms with van der Waals surface area (Å²) in [6, 6.07) is 12.9. The van der Waals surface area contributed by atoms with E-state index < -0.39 is 0 Å². The molecule has 1 N–H and O–H groups in total. The maximum atomic E-state index is 12.8. The van der Waals surface area contributed by atoms with Gasteiger partial charge in [0.25, 0.3) is 11.8 Å². The van der Waals surface area contributed by atoms with E-state index in [2.05, 4.69) is 20.3 Å². The van der Waals surface area contributed by atoms with Gasteiger partial charge in [-0.25, -0.2) is 9.97 Å². The number of methoxy groups -OCH3 is 1. The lowest BCUT2D eigenvalue weighted by Crippen LogP contribution is -2.40. The number of benzene rings is 1. The zero-order valence-electron chi connectivity index (χ0n) is 18.8. The van der Waals surface area contributed by atoms with E-state index in [-0.39, 0.29) is 17.7 Å². The van der Waals surface area contributed by atoms with Crippen molar-refractivity contribution in [1.29, 1.82) is 0 Å². The van der Waals surface area contributed by atoms with Crippen molar-refractivity contribution < 1.29 is 14.3 Å². The summed E-state index contributed by atoms with van der Waals surface area (Å²) >= 11 is 0. The number of nitrogens with zero attached hydrogens (tertiary/aromatic N) is 4. The van der Waals surface area contributed by atoms with Crippen LogP contribution in [0.1, 0.15) is 56.7 Å². The van der Waals surface area contributed by atoms with Crippen LogP contribution in [0.25, 0.3) is 0 Å². The second-order valence-corrected chi connectivity index (χ2v) is 8.07. The molecule has 1 atom stereocenters. The van der Waals surface area contributed by atoms with Crippen molar-refractivity contribution in [1.82, 2.24) is 25.2 Å². The third-order valence-corrected chi connectivity index (χ3v) is 5.79. The van der Waals surface area contributed by atoms with E-state index >= 15 is 0 Å². The normalized spacial score (nSPS) is 15.7. The van der Waals surface area contributed by atoms with Crippen LogP contribution in [-0.4, -0.2) is 51.9 Å². The number of hydrogen-bond donors (Lipinski definition) is 1.